The van der Waals surface area contributed by atoms with Crippen molar-refractivity contribution in [3.8, 4) is 5.75 Å². The van der Waals surface area contributed by atoms with Gasteiger partial charge in [-0.1, -0.05) is 6.92 Å². The molecule has 118 valence electrons. The third kappa shape index (κ3) is 5.64. The normalized spacial score (nSPS) is 19.7. The van der Waals surface area contributed by atoms with Gasteiger partial charge in [0.25, 0.3) is 0 Å². The summed E-state index contributed by atoms with van der Waals surface area (Å²) in [5, 5.41) is 0. The molecule has 2 N–H and O–H groups in total. The molecule has 0 aliphatic carbocycles. The number of benzene rings is 1. The molecule has 2 unspecified atom stereocenters. The fourth-order valence-electron chi connectivity index (χ4n) is 2.64. The summed E-state index contributed by atoms with van der Waals surface area (Å²) in [7, 11) is 0. The van der Waals surface area contributed by atoms with Gasteiger partial charge in [0.05, 0.1) is 12.7 Å². The van der Waals surface area contributed by atoms with Crippen molar-refractivity contribution in [2.75, 3.05) is 13.2 Å². The van der Waals surface area contributed by atoms with Crippen molar-refractivity contribution in [2.24, 2.45) is 5.73 Å². The van der Waals surface area contributed by atoms with Crippen LogP contribution in [0, 0.1) is 5.82 Å². The first-order valence-corrected chi connectivity index (χ1v) is 7.97. The number of hydrogen-bond donors (Lipinski definition) is 1. The Morgan fingerprint density at radius 3 is 3.00 bits per heavy atom. The van der Waals surface area contributed by atoms with E-state index in [0.717, 1.165) is 44.3 Å². The van der Waals surface area contributed by atoms with E-state index >= 15 is 0 Å². The molecule has 0 amide bonds. The number of rotatable bonds is 8. The van der Waals surface area contributed by atoms with E-state index in [1.807, 2.05) is 13.0 Å². The van der Waals surface area contributed by atoms with E-state index in [9.17, 15) is 4.39 Å². The highest BCUT2D eigenvalue weighted by Crippen LogP contribution is 2.20. The molecule has 0 spiro atoms. The maximum absolute atomic E-state index is 13.6. The fraction of sp³-hybridized carbons (Fsp3) is 0.647. The van der Waals surface area contributed by atoms with Crippen LogP contribution in [0.1, 0.15) is 44.6 Å². The molecule has 3 nitrogen and oxygen atoms in total. The van der Waals surface area contributed by atoms with Gasteiger partial charge in [-0.2, -0.15) is 0 Å². The van der Waals surface area contributed by atoms with E-state index in [0.29, 0.717) is 24.9 Å². The molecule has 1 heterocycles. The highest BCUT2D eigenvalue weighted by atomic mass is 19.1. The smallest absolute Gasteiger partial charge is 0.127 e. The molecule has 1 aliphatic rings. The average molecular weight is 295 g/mol. The summed E-state index contributed by atoms with van der Waals surface area (Å²) >= 11 is 0. The van der Waals surface area contributed by atoms with Crippen LogP contribution in [-0.4, -0.2) is 25.4 Å². The van der Waals surface area contributed by atoms with Crippen molar-refractivity contribution in [1.82, 2.24) is 0 Å². The first-order chi connectivity index (χ1) is 10.2. The summed E-state index contributed by atoms with van der Waals surface area (Å²) < 4.78 is 24.8. The van der Waals surface area contributed by atoms with Crippen molar-refractivity contribution in [2.45, 2.75) is 57.6 Å². The van der Waals surface area contributed by atoms with Gasteiger partial charge < -0.3 is 15.2 Å². The van der Waals surface area contributed by atoms with Crippen molar-refractivity contribution in [3.63, 3.8) is 0 Å². The van der Waals surface area contributed by atoms with E-state index in [1.54, 1.807) is 0 Å². The summed E-state index contributed by atoms with van der Waals surface area (Å²) in [6.07, 6.45) is 6.22. The van der Waals surface area contributed by atoms with Crippen LogP contribution in [0.5, 0.6) is 5.75 Å². The summed E-state index contributed by atoms with van der Waals surface area (Å²) in [6.45, 7) is 3.52. The van der Waals surface area contributed by atoms with Gasteiger partial charge in [0.1, 0.15) is 11.6 Å². The Balaban J connectivity index is 1.78. The van der Waals surface area contributed by atoms with Crippen LogP contribution in [0.15, 0.2) is 18.2 Å². The van der Waals surface area contributed by atoms with Gasteiger partial charge in [0.15, 0.2) is 0 Å². The Hall–Kier alpha value is -1.13. The van der Waals surface area contributed by atoms with Gasteiger partial charge in [0.2, 0.25) is 0 Å². The lowest BCUT2D eigenvalue weighted by molar-refractivity contribution is 0.0981. The van der Waals surface area contributed by atoms with E-state index in [1.165, 1.54) is 12.1 Å². The SMILES string of the molecule is CCC(N)Cc1cc(F)cc(OCCCC2CCCO2)c1. The minimum Gasteiger partial charge on any atom is -0.493 e. The number of ether oxygens (including phenoxy) is 2. The second-order valence-corrected chi connectivity index (χ2v) is 5.79. The fourth-order valence-corrected chi connectivity index (χ4v) is 2.64. The van der Waals surface area contributed by atoms with E-state index < -0.39 is 0 Å². The molecule has 0 bridgehead atoms. The Morgan fingerprint density at radius 2 is 2.29 bits per heavy atom. The zero-order chi connectivity index (χ0) is 15.1. The van der Waals surface area contributed by atoms with Crippen molar-refractivity contribution >= 4 is 0 Å². The maximum atomic E-state index is 13.6. The largest absolute Gasteiger partial charge is 0.493 e. The minimum absolute atomic E-state index is 0.0687. The van der Waals surface area contributed by atoms with Gasteiger partial charge in [-0.25, -0.2) is 4.39 Å². The Morgan fingerprint density at radius 1 is 1.43 bits per heavy atom. The van der Waals surface area contributed by atoms with Crippen LogP contribution in [0.2, 0.25) is 0 Å². The Kier molecular flexibility index (Phi) is 6.46. The van der Waals surface area contributed by atoms with Crippen LogP contribution in [-0.2, 0) is 11.2 Å². The zero-order valence-electron chi connectivity index (χ0n) is 12.8. The van der Waals surface area contributed by atoms with Gasteiger partial charge in [0, 0.05) is 18.7 Å². The predicted octanol–water partition coefficient (Wildman–Crippen LogP) is 3.44. The monoisotopic (exact) mass is 295 g/mol. The molecule has 0 saturated carbocycles. The second kappa shape index (κ2) is 8.35. The molecule has 0 radical (unpaired) electrons. The molecular weight excluding hydrogens is 269 g/mol. The Labute approximate surface area is 126 Å². The van der Waals surface area contributed by atoms with E-state index in [2.05, 4.69) is 0 Å². The minimum atomic E-state index is -0.259. The van der Waals surface area contributed by atoms with Gasteiger partial charge in [-0.05, 0) is 56.2 Å². The van der Waals surface area contributed by atoms with Crippen molar-refractivity contribution in [3.05, 3.63) is 29.6 Å². The van der Waals surface area contributed by atoms with Crippen LogP contribution in [0.3, 0.4) is 0 Å². The van der Waals surface area contributed by atoms with Gasteiger partial charge >= 0.3 is 0 Å². The lowest BCUT2D eigenvalue weighted by Crippen LogP contribution is -2.21. The summed E-state index contributed by atoms with van der Waals surface area (Å²) in [4.78, 5) is 0. The molecule has 1 fully saturated rings. The molecule has 2 atom stereocenters. The quantitative estimate of drug-likeness (QED) is 0.747. The summed E-state index contributed by atoms with van der Waals surface area (Å²) in [5.41, 5.74) is 6.82. The van der Waals surface area contributed by atoms with E-state index in [4.69, 9.17) is 15.2 Å². The van der Waals surface area contributed by atoms with Crippen LogP contribution < -0.4 is 10.5 Å². The third-order valence-electron chi connectivity index (χ3n) is 3.92. The second-order valence-electron chi connectivity index (χ2n) is 5.79. The van der Waals surface area contributed by atoms with Crippen LogP contribution in [0.25, 0.3) is 0 Å². The lowest BCUT2D eigenvalue weighted by Gasteiger charge is -2.12. The highest BCUT2D eigenvalue weighted by molar-refractivity contribution is 5.30. The molecule has 21 heavy (non-hydrogen) atoms. The average Bonchev–Trinajstić information content (AvgIpc) is 2.96. The number of halogens is 1. The molecule has 2 rings (SSSR count). The van der Waals surface area contributed by atoms with Crippen molar-refractivity contribution in [1.29, 1.82) is 0 Å². The van der Waals surface area contributed by atoms with Gasteiger partial charge in [-0.3, -0.25) is 0 Å². The van der Waals surface area contributed by atoms with E-state index in [-0.39, 0.29) is 11.9 Å². The molecule has 1 aliphatic heterocycles. The van der Waals surface area contributed by atoms with Crippen LogP contribution in [0.4, 0.5) is 4.39 Å². The Bertz CT molecular complexity index is 433. The zero-order valence-corrected chi connectivity index (χ0v) is 12.8. The molecule has 0 aromatic heterocycles. The highest BCUT2D eigenvalue weighted by Gasteiger charge is 2.14. The first-order valence-electron chi connectivity index (χ1n) is 7.97. The molecule has 1 aromatic rings. The van der Waals surface area contributed by atoms with Gasteiger partial charge in [-0.15, -0.1) is 0 Å². The molecular formula is C17H26FNO2. The van der Waals surface area contributed by atoms with Crippen LogP contribution >= 0.6 is 0 Å². The standard InChI is InChI=1S/C17H26FNO2/c1-2-15(19)10-13-9-14(18)12-17(11-13)21-8-4-6-16-5-3-7-20-16/h9,11-12,15-16H,2-8,10,19H2,1H3. The molecule has 4 heteroatoms. The molecule has 1 saturated heterocycles. The topological polar surface area (TPSA) is 44.5 Å². The first kappa shape index (κ1) is 16.2. The number of nitrogens with two attached hydrogens (primary N) is 1. The number of hydrogen-bond acceptors (Lipinski definition) is 3. The predicted molar refractivity (Wildman–Crippen MR) is 82.1 cm³/mol. The summed E-state index contributed by atoms with van der Waals surface area (Å²) in [5.74, 6) is 0.338. The summed E-state index contributed by atoms with van der Waals surface area (Å²) in [6, 6.07) is 4.94. The van der Waals surface area contributed by atoms with Crippen molar-refractivity contribution < 1.29 is 13.9 Å². The molecule has 1 aromatic carbocycles. The third-order valence-corrected chi connectivity index (χ3v) is 3.92. The lowest BCUT2D eigenvalue weighted by atomic mass is 10.0. The maximum Gasteiger partial charge on any atom is 0.127 e.